The maximum absolute atomic E-state index is 13.6. The van der Waals surface area contributed by atoms with Crippen molar-refractivity contribution in [2.75, 3.05) is 30.3 Å². The van der Waals surface area contributed by atoms with Crippen molar-refractivity contribution in [1.29, 1.82) is 5.26 Å². The van der Waals surface area contributed by atoms with Gasteiger partial charge in [-0.15, -0.1) is 0 Å². The van der Waals surface area contributed by atoms with Gasteiger partial charge in [0, 0.05) is 44.1 Å². The molecule has 0 amide bonds. The molecule has 3 rings (SSSR count). The third kappa shape index (κ3) is 4.22. The molecule has 0 aliphatic carbocycles. The Morgan fingerprint density at radius 3 is 3.00 bits per heavy atom. The van der Waals surface area contributed by atoms with Crippen molar-refractivity contribution in [3.8, 4) is 6.07 Å². The van der Waals surface area contributed by atoms with Crippen LogP contribution in [-0.4, -0.2) is 56.5 Å². The zero-order chi connectivity index (χ0) is 17.8. The third-order valence-electron chi connectivity index (χ3n) is 4.19. The number of nitrogens with zero attached hydrogens (tertiary/aromatic N) is 6. The van der Waals surface area contributed by atoms with Crippen LogP contribution in [0.5, 0.6) is 0 Å². The number of halogens is 1. The van der Waals surface area contributed by atoms with Crippen molar-refractivity contribution in [3.05, 3.63) is 24.2 Å². The Morgan fingerprint density at radius 2 is 2.28 bits per heavy atom. The molecule has 2 N–H and O–H groups in total. The first kappa shape index (κ1) is 17.1. The van der Waals surface area contributed by atoms with Gasteiger partial charge in [-0.1, -0.05) is 0 Å². The van der Waals surface area contributed by atoms with E-state index in [2.05, 4.69) is 31.8 Å². The Hall–Kier alpha value is -2.73. The highest BCUT2D eigenvalue weighted by Gasteiger charge is 2.31. The van der Waals surface area contributed by atoms with Gasteiger partial charge in [0.05, 0.1) is 24.5 Å². The number of nitriles is 1. The summed E-state index contributed by atoms with van der Waals surface area (Å²) in [6.45, 7) is 3.00. The van der Waals surface area contributed by atoms with E-state index in [0.29, 0.717) is 31.3 Å². The van der Waals surface area contributed by atoms with Crippen molar-refractivity contribution >= 4 is 17.5 Å². The summed E-state index contributed by atoms with van der Waals surface area (Å²) in [5.41, 5.74) is 1.70. The summed E-state index contributed by atoms with van der Waals surface area (Å²) in [6, 6.07) is 2.08. The lowest BCUT2D eigenvalue weighted by atomic mass is 10.2. The molecule has 0 aromatic carbocycles. The molecule has 2 aromatic heterocycles. The number of hydrogen-bond acceptors (Lipinski definition) is 7. The molecule has 0 saturated carbocycles. The van der Waals surface area contributed by atoms with E-state index in [1.54, 1.807) is 17.1 Å². The molecule has 2 aromatic rings. The van der Waals surface area contributed by atoms with Gasteiger partial charge in [0.1, 0.15) is 12.0 Å². The van der Waals surface area contributed by atoms with Crippen LogP contribution in [0.4, 0.5) is 21.8 Å². The van der Waals surface area contributed by atoms with Crippen molar-refractivity contribution in [3.63, 3.8) is 0 Å². The largest absolute Gasteiger partial charge is 0.368 e. The molecule has 9 heteroatoms. The van der Waals surface area contributed by atoms with E-state index in [9.17, 15) is 4.39 Å². The predicted octanol–water partition coefficient (Wildman–Crippen LogP) is 1.61. The Morgan fingerprint density at radius 1 is 1.44 bits per heavy atom. The van der Waals surface area contributed by atoms with Crippen LogP contribution in [0.3, 0.4) is 0 Å². The molecular formula is C16H21FN8. The van der Waals surface area contributed by atoms with Crippen LogP contribution >= 0.6 is 0 Å². The molecule has 1 fully saturated rings. The monoisotopic (exact) mass is 344 g/mol. The molecule has 132 valence electrons. The molecule has 25 heavy (non-hydrogen) atoms. The number of aromatic nitrogens is 4. The Labute approximate surface area is 145 Å². The number of anilines is 3. The lowest BCUT2D eigenvalue weighted by molar-refractivity contribution is 0.277. The quantitative estimate of drug-likeness (QED) is 0.769. The number of nitrogens with one attached hydrogen (secondary N) is 2. The molecule has 1 aliphatic heterocycles. The van der Waals surface area contributed by atoms with Gasteiger partial charge in [0.25, 0.3) is 0 Å². The second kappa shape index (κ2) is 7.44. The first-order valence-electron chi connectivity index (χ1n) is 8.13. The summed E-state index contributed by atoms with van der Waals surface area (Å²) < 4.78 is 15.3. The van der Waals surface area contributed by atoms with E-state index in [1.807, 2.05) is 25.1 Å². The van der Waals surface area contributed by atoms with E-state index in [1.165, 1.54) is 0 Å². The molecule has 3 heterocycles. The third-order valence-corrected chi connectivity index (χ3v) is 4.19. The van der Waals surface area contributed by atoms with Crippen molar-refractivity contribution in [2.45, 2.75) is 25.6 Å². The normalized spacial score (nSPS) is 20.4. The maximum Gasteiger partial charge on any atom is 0.229 e. The van der Waals surface area contributed by atoms with Crippen LogP contribution in [0, 0.1) is 18.3 Å². The first-order valence-corrected chi connectivity index (χ1v) is 8.13. The van der Waals surface area contributed by atoms with E-state index >= 15 is 0 Å². The standard InChI is InChI=1S/C16H21FN8/c1-11-6-20-16(22-13-7-21-24(2)10-13)23-15(11)19-8-14-5-12(17)9-25(14)4-3-18/h6-7,10,12,14H,4-5,8-9H2,1-2H3,(H2,19,20,22,23)/t12-,14-/m0/s1. The number of aryl methyl sites for hydroxylation is 2. The van der Waals surface area contributed by atoms with E-state index < -0.39 is 6.17 Å². The summed E-state index contributed by atoms with van der Waals surface area (Å²) in [4.78, 5) is 10.6. The Balaban J connectivity index is 1.65. The summed E-state index contributed by atoms with van der Waals surface area (Å²) in [5, 5.41) is 19.3. The van der Waals surface area contributed by atoms with Crippen molar-refractivity contribution in [1.82, 2.24) is 24.6 Å². The molecule has 2 atom stereocenters. The van der Waals surface area contributed by atoms with Crippen molar-refractivity contribution in [2.24, 2.45) is 7.05 Å². The summed E-state index contributed by atoms with van der Waals surface area (Å²) in [5.74, 6) is 1.16. The number of hydrogen-bond donors (Lipinski definition) is 2. The topological polar surface area (TPSA) is 94.7 Å². The van der Waals surface area contributed by atoms with Gasteiger partial charge in [0.2, 0.25) is 5.95 Å². The van der Waals surface area contributed by atoms with Crippen LogP contribution in [0.2, 0.25) is 0 Å². The number of likely N-dealkylation sites (tertiary alicyclic amines) is 1. The van der Waals surface area contributed by atoms with Gasteiger partial charge in [-0.2, -0.15) is 15.3 Å². The molecule has 0 spiro atoms. The van der Waals surface area contributed by atoms with Crippen LogP contribution in [-0.2, 0) is 7.05 Å². The average Bonchev–Trinajstić information content (AvgIpc) is 3.14. The van der Waals surface area contributed by atoms with Gasteiger partial charge in [-0.05, 0) is 13.3 Å². The van der Waals surface area contributed by atoms with Crippen LogP contribution in [0.25, 0.3) is 0 Å². The Kier molecular flexibility index (Phi) is 5.09. The average molecular weight is 344 g/mol. The van der Waals surface area contributed by atoms with Crippen molar-refractivity contribution < 1.29 is 4.39 Å². The smallest absolute Gasteiger partial charge is 0.229 e. The lowest BCUT2D eigenvalue weighted by Crippen LogP contribution is -2.35. The summed E-state index contributed by atoms with van der Waals surface area (Å²) >= 11 is 0. The predicted molar refractivity (Wildman–Crippen MR) is 92.2 cm³/mol. The number of alkyl halides is 1. The molecule has 1 aliphatic rings. The fraction of sp³-hybridized carbons (Fsp3) is 0.500. The highest BCUT2D eigenvalue weighted by Crippen LogP contribution is 2.21. The molecule has 0 unspecified atom stereocenters. The second-order valence-corrected chi connectivity index (χ2v) is 6.21. The SMILES string of the molecule is Cc1cnc(Nc2cnn(C)c2)nc1NC[C@@H]1C[C@H](F)CN1CC#N. The molecule has 0 bridgehead atoms. The number of rotatable bonds is 6. The van der Waals surface area contributed by atoms with Crippen LogP contribution in [0.15, 0.2) is 18.6 Å². The minimum absolute atomic E-state index is 0.0150. The fourth-order valence-corrected chi connectivity index (χ4v) is 2.93. The summed E-state index contributed by atoms with van der Waals surface area (Å²) in [6.07, 6.45) is 4.80. The zero-order valence-corrected chi connectivity index (χ0v) is 14.3. The minimum atomic E-state index is -0.880. The van der Waals surface area contributed by atoms with E-state index in [0.717, 1.165) is 11.3 Å². The van der Waals surface area contributed by atoms with Gasteiger partial charge in [-0.25, -0.2) is 9.37 Å². The van der Waals surface area contributed by atoms with Crippen LogP contribution in [0.1, 0.15) is 12.0 Å². The van der Waals surface area contributed by atoms with E-state index in [-0.39, 0.29) is 12.6 Å². The van der Waals surface area contributed by atoms with Gasteiger partial charge < -0.3 is 10.6 Å². The van der Waals surface area contributed by atoms with Crippen LogP contribution < -0.4 is 10.6 Å². The van der Waals surface area contributed by atoms with Gasteiger partial charge >= 0.3 is 0 Å². The first-order chi connectivity index (χ1) is 12.0. The fourth-order valence-electron chi connectivity index (χ4n) is 2.93. The molecule has 0 radical (unpaired) electrons. The second-order valence-electron chi connectivity index (χ2n) is 6.21. The van der Waals surface area contributed by atoms with Gasteiger partial charge in [0.15, 0.2) is 0 Å². The maximum atomic E-state index is 13.6. The molecular weight excluding hydrogens is 323 g/mol. The minimum Gasteiger partial charge on any atom is -0.368 e. The van der Waals surface area contributed by atoms with Gasteiger partial charge in [-0.3, -0.25) is 9.58 Å². The Bertz CT molecular complexity index is 768. The molecule has 8 nitrogen and oxygen atoms in total. The zero-order valence-electron chi connectivity index (χ0n) is 14.3. The highest BCUT2D eigenvalue weighted by molar-refractivity contribution is 5.54. The summed E-state index contributed by atoms with van der Waals surface area (Å²) in [7, 11) is 1.83. The highest BCUT2D eigenvalue weighted by atomic mass is 19.1. The molecule has 1 saturated heterocycles. The van der Waals surface area contributed by atoms with E-state index in [4.69, 9.17) is 5.26 Å². The lowest BCUT2D eigenvalue weighted by Gasteiger charge is -2.22.